The molecule has 0 aliphatic heterocycles. The minimum absolute atomic E-state index is 0.144. The number of hydrogen-bond acceptors (Lipinski definition) is 6. The van der Waals surface area contributed by atoms with Crippen molar-refractivity contribution in [3.05, 3.63) is 6.33 Å². The molecule has 0 aliphatic carbocycles. The molecule has 0 spiro atoms. The van der Waals surface area contributed by atoms with Crippen LogP contribution in [0.5, 0.6) is 5.88 Å². The first kappa shape index (κ1) is 13.5. The largest absolute Gasteiger partial charge is 0.479 e. The number of aliphatic hydroxyl groups excluding tert-OH is 1. The first-order valence-corrected chi connectivity index (χ1v) is 5.63. The van der Waals surface area contributed by atoms with Crippen molar-refractivity contribution >= 4 is 11.5 Å². The summed E-state index contributed by atoms with van der Waals surface area (Å²) < 4.78 is 5.07. The Labute approximate surface area is 101 Å². The predicted molar refractivity (Wildman–Crippen MR) is 67.2 cm³/mol. The fraction of sp³-hybridized carbons (Fsp3) is 0.636. The Morgan fingerprint density at radius 2 is 2.18 bits per heavy atom. The van der Waals surface area contributed by atoms with Gasteiger partial charge in [-0.3, -0.25) is 0 Å². The molecule has 0 aromatic carbocycles. The molecule has 17 heavy (non-hydrogen) atoms. The number of rotatable bonds is 6. The van der Waals surface area contributed by atoms with Gasteiger partial charge in [0.05, 0.1) is 7.11 Å². The summed E-state index contributed by atoms with van der Waals surface area (Å²) in [5.74, 6) is 1.03. The van der Waals surface area contributed by atoms with Crippen LogP contribution < -0.4 is 15.4 Å². The predicted octanol–water partition coefficient (Wildman–Crippen LogP) is 0.665. The van der Waals surface area contributed by atoms with Gasteiger partial charge in [-0.15, -0.1) is 0 Å². The zero-order valence-corrected chi connectivity index (χ0v) is 10.6. The summed E-state index contributed by atoms with van der Waals surface area (Å²) >= 11 is 0. The Morgan fingerprint density at radius 1 is 1.47 bits per heavy atom. The van der Waals surface area contributed by atoms with E-state index in [1.165, 1.54) is 13.4 Å². The molecule has 0 radical (unpaired) electrons. The lowest BCUT2D eigenvalue weighted by Gasteiger charge is -2.28. The van der Waals surface area contributed by atoms with Gasteiger partial charge in [0.25, 0.3) is 0 Å². The van der Waals surface area contributed by atoms with Crippen LogP contribution in [0.2, 0.25) is 0 Å². The second-order valence-corrected chi connectivity index (χ2v) is 3.98. The summed E-state index contributed by atoms with van der Waals surface area (Å²) in [6.45, 7) is 4.93. The number of anilines is 2. The van der Waals surface area contributed by atoms with E-state index in [0.717, 1.165) is 0 Å². The molecule has 0 amide bonds. The first-order chi connectivity index (χ1) is 8.11. The van der Waals surface area contributed by atoms with Gasteiger partial charge in [0, 0.05) is 19.2 Å². The number of hydrogen-bond donors (Lipinski definition) is 2. The third kappa shape index (κ3) is 3.20. The van der Waals surface area contributed by atoms with E-state index in [1.807, 2.05) is 18.7 Å². The molecule has 6 heteroatoms. The smallest absolute Gasteiger partial charge is 0.242 e. The average Bonchev–Trinajstić information content (AvgIpc) is 2.31. The van der Waals surface area contributed by atoms with E-state index in [0.29, 0.717) is 30.4 Å². The molecule has 6 nitrogen and oxygen atoms in total. The van der Waals surface area contributed by atoms with E-state index in [9.17, 15) is 0 Å². The average molecular weight is 240 g/mol. The van der Waals surface area contributed by atoms with Crippen molar-refractivity contribution in [2.75, 3.05) is 30.9 Å². The van der Waals surface area contributed by atoms with Gasteiger partial charge in [-0.2, -0.15) is 4.98 Å². The van der Waals surface area contributed by atoms with Crippen molar-refractivity contribution in [1.29, 1.82) is 0 Å². The molecule has 1 rings (SSSR count). The minimum Gasteiger partial charge on any atom is -0.479 e. The van der Waals surface area contributed by atoms with Crippen LogP contribution in [0.3, 0.4) is 0 Å². The van der Waals surface area contributed by atoms with Gasteiger partial charge < -0.3 is 20.5 Å². The Morgan fingerprint density at radius 3 is 2.71 bits per heavy atom. The molecule has 96 valence electrons. The lowest BCUT2D eigenvalue weighted by Crippen LogP contribution is -2.33. The molecular formula is C11H20N4O2. The molecule has 0 saturated carbocycles. The van der Waals surface area contributed by atoms with Gasteiger partial charge in [-0.1, -0.05) is 0 Å². The van der Waals surface area contributed by atoms with Crippen molar-refractivity contribution in [2.24, 2.45) is 0 Å². The number of aromatic nitrogens is 2. The van der Waals surface area contributed by atoms with Crippen molar-refractivity contribution in [3.8, 4) is 5.88 Å². The summed E-state index contributed by atoms with van der Waals surface area (Å²) in [5, 5.41) is 8.90. The molecule has 0 fully saturated rings. The van der Waals surface area contributed by atoms with Crippen LogP contribution in [0.25, 0.3) is 0 Å². The summed E-state index contributed by atoms with van der Waals surface area (Å²) in [5.41, 5.74) is 6.38. The SMILES string of the molecule is COc1ncnc(N(CCCO)C(C)C)c1N. The van der Waals surface area contributed by atoms with Crippen LogP contribution in [-0.2, 0) is 0 Å². The third-order valence-corrected chi connectivity index (χ3v) is 2.47. The van der Waals surface area contributed by atoms with Gasteiger partial charge in [0.2, 0.25) is 5.88 Å². The number of nitrogens with zero attached hydrogens (tertiary/aromatic N) is 3. The zero-order valence-electron chi connectivity index (χ0n) is 10.6. The minimum atomic E-state index is 0.144. The Balaban J connectivity index is 3.01. The Bertz CT molecular complexity index is 357. The topological polar surface area (TPSA) is 84.5 Å². The highest BCUT2D eigenvalue weighted by Crippen LogP contribution is 2.28. The van der Waals surface area contributed by atoms with Crippen molar-refractivity contribution in [1.82, 2.24) is 9.97 Å². The number of methoxy groups -OCH3 is 1. The summed E-state index contributed by atoms with van der Waals surface area (Å²) in [7, 11) is 1.52. The number of ether oxygens (including phenoxy) is 1. The molecule has 1 aromatic heterocycles. The van der Waals surface area contributed by atoms with E-state index < -0.39 is 0 Å². The summed E-state index contributed by atoms with van der Waals surface area (Å²) in [6.07, 6.45) is 2.10. The fourth-order valence-corrected chi connectivity index (χ4v) is 1.61. The normalized spacial score (nSPS) is 10.6. The highest BCUT2D eigenvalue weighted by Gasteiger charge is 2.17. The van der Waals surface area contributed by atoms with Crippen LogP contribution in [0, 0.1) is 0 Å². The van der Waals surface area contributed by atoms with E-state index >= 15 is 0 Å². The maximum atomic E-state index is 8.90. The second kappa shape index (κ2) is 6.24. The molecule has 0 atom stereocenters. The molecular weight excluding hydrogens is 220 g/mol. The summed E-state index contributed by atoms with van der Waals surface area (Å²) in [6, 6.07) is 0.239. The number of aliphatic hydroxyl groups is 1. The quantitative estimate of drug-likeness (QED) is 0.760. The Kier molecular flexibility index (Phi) is 4.96. The van der Waals surface area contributed by atoms with Crippen LogP contribution >= 0.6 is 0 Å². The van der Waals surface area contributed by atoms with Crippen molar-refractivity contribution in [2.45, 2.75) is 26.3 Å². The van der Waals surface area contributed by atoms with Crippen LogP contribution in [-0.4, -0.2) is 41.4 Å². The van der Waals surface area contributed by atoms with Gasteiger partial charge >= 0.3 is 0 Å². The van der Waals surface area contributed by atoms with Crippen LogP contribution in [0.1, 0.15) is 20.3 Å². The maximum absolute atomic E-state index is 8.90. The van der Waals surface area contributed by atoms with Crippen molar-refractivity contribution in [3.63, 3.8) is 0 Å². The van der Waals surface area contributed by atoms with Gasteiger partial charge in [0.1, 0.15) is 12.0 Å². The summed E-state index contributed by atoms with van der Waals surface area (Å²) in [4.78, 5) is 10.2. The van der Waals surface area contributed by atoms with Crippen LogP contribution in [0.15, 0.2) is 6.33 Å². The molecule has 0 bridgehead atoms. The van der Waals surface area contributed by atoms with E-state index in [4.69, 9.17) is 15.6 Å². The Hall–Kier alpha value is -1.56. The molecule has 0 saturated heterocycles. The van der Waals surface area contributed by atoms with Crippen molar-refractivity contribution < 1.29 is 9.84 Å². The molecule has 1 heterocycles. The van der Waals surface area contributed by atoms with E-state index in [1.54, 1.807) is 0 Å². The number of nitrogen functional groups attached to an aromatic ring is 1. The lowest BCUT2D eigenvalue weighted by atomic mass is 10.2. The van der Waals surface area contributed by atoms with Gasteiger partial charge in [0.15, 0.2) is 5.82 Å². The van der Waals surface area contributed by atoms with E-state index in [-0.39, 0.29) is 12.6 Å². The second-order valence-electron chi connectivity index (χ2n) is 3.98. The zero-order chi connectivity index (χ0) is 12.8. The number of nitrogens with two attached hydrogens (primary N) is 1. The van der Waals surface area contributed by atoms with Crippen LogP contribution in [0.4, 0.5) is 11.5 Å². The highest BCUT2D eigenvalue weighted by molar-refractivity contribution is 5.68. The first-order valence-electron chi connectivity index (χ1n) is 5.63. The van der Waals surface area contributed by atoms with Gasteiger partial charge in [-0.25, -0.2) is 4.98 Å². The monoisotopic (exact) mass is 240 g/mol. The molecule has 0 aliphatic rings. The standard InChI is InChI=1S/C11H20N4O2/c1-8(2)15(5-4-6-16)10-9(12)11(17-3)14-7-13-10/h7-8,16H,4-6,12H2,1-3H3. The van der Waals surface area contributed by atoms with E-state index in [2.05, 4.69) is 9.97 Å². The lowest BCUT2D eigenvalue weighted by molar-refractivity contribution is 0.288. The third-order valence-electron chi connectivity index (χ3n) is 2.47. The van der Waals surface area contributed by atoms with Gasteiger partial charge in [-0.05, 0) is 20.3 Å². The highest BCUT2D eigenvalue weighted by atomic mass is 16.5. The molecule has 3 N–H and O–H groups in total. The fourth-order valence-electron chi connectivity index (χ4n) is 1.61. The molecule has 1 aromatic rings. The molecule has 0 unspecified atom stereocenters. The maximum Gasteiger partial charge on any atom is 0.242 e.